The van der Waals surface area contributed by atoms with Crippen LogP contribution < -0.4 is 9.80 Å². The van der Waals surface area contributed by atoms with E-state index in [2.05, 4.69) is 311 Å². The summed E-state index contributed by atoms with van der Waals surface area (Å²) < 4.78 is 0. The van der Waals surface area contributed by atoms with Gasteiger partial charge in [-0.15, -0.1) is 0 Å². The third kappa shape index (κ3) is 8.94. The minimum atomic E-state index is -0.194. The largest absolute Gasteiger partial charge is 0.310 e. The fourth-order valence-corrected chi connectivity index (χ4v) is 14.7. The topological polar surface area (TPSA) is 6.48 Å². The second-order valence-electron chi connectivity index (χ2n) is 25.8. The molecule has 0 atom stereocenters. The molecule has 0 saturated carbocycles. The van der Waals surface area contributed by atoms with Gasteiger partial charge in [-0.25, -0.2) is 0 Å². The van der Waals surface area contributed by atoms with Crippen LogP contribution in [0.1, 0.15) is 117 Å². The molecular weight excluding hydrogens is 1010 g/mol. The Morgan fingerprint density at radius 2 is 0.548 bits per heavy atom. The Morgan fingerprint density at radius 3 is 0.869 bits per heavy atom. The summed E-state index contributed by atoms with van der Waals surface area (Å²) in [4.78, 5) is 4.89. The normalized spacial score (nSPS) is 13.8. The Balaban J connectivity index is 0.756. The fraction of sp³-hybridized carbons (Fsp3) is 0.171. The number of hydrogen-bond donors (Lipinski definition) is 0. The van der Waals surface area contributed by atoms with Crippen LogP contribution in [0, 0.1) is 55.4 Å². The van der Waals surface area contributed by atoms with Crippen LogP contribution in [0.3, 0.4) is 0 Å². The van der Waals surface area contributed by atoms with Gasteiger partial charge in [-0.05, 0) is 272 Å². The van der Waals surface area contributed by atoms with Gasteiger partial charge in [0, 0.05) is 45.0 Å². The van der Waals surface area contributed by atoms with Crippen molar-refractivity contribution in [3.8, 4) is 22.3 Å². The summed E-state index contributed by atoms with van der Waals surface area (Å²) in [5, 5.41) is 7.73. The van der Waals surface area contributed by atoms with Crippen molar-refractivity contribution in [3.05, 3.63) is 283 Å². The van der Waals surface area contributed by atoms with E-state index >= 15 is 0 Å². The maximum atomic E-state index is 2.45. The predicted molar refractivity (Wildman–Crippen MR) is 363 cm³/mol. The highest BCUT2D eigenvalue weighted by atomic mass is 15.1. The van der Waals surface area contributed by atoms with E-state index in [1.54, 1.807) is 0 Å². The molecule has 0 unspecified atom stereocenters. The molecule has 2 nitrogen and oxygen atoms in total. The van der Waals surface area contributed by atoms with Crippen LogP contribution in [0.5, 0.6) is 0 Å². The smallest absolute Gasteiger partial charge is 0.0466 e. The first-order valence-corrected chi connectivity index (χ1v) is 29.9. The van der Waals surface area contributed by atoms with Gasteiger partial charge in [0.25, 0.3) is 0 Å². The number of hydrogen-bond acceptors (Lipinski definition) is 2. The number of anilines is 6. The molecule has 0 heterocycles. The molecule has 0 aliphatic heterocycles. The summed E-state index contributed by atoms with van der Waals surface area (Å²) in [5.74, 6) is 0. The molecule has 84 heavy (non-hydrogen) atoms. The minimum absolute atomic E-state index is 0.194. The van der Waals surface area contributed by atoms with Gasteiger partial charge in [0.15, 0.2) is 0 Å². The average molecular weight is 1090 g/mol. The summed E-state index contributed by atoms with van der Waals surface area (Å²) in [6, 6.07) is 74.4. The average Bonchev–Trinajstić information content (AvgIpc) is 2.50. The first kappa shape index (κ1) is 52.8. The van der Waals surface area contributed by atoms with E-state index in [0.717, 1.165) is 0 Å². The van der Waals surface area contributed by atoms with Gasteiger partial charge in [0.1, 0.15) is 0 Å². The number of nitrogens with zero attached hydrogens (tertiary/aromatic N) is 2. The lowest BCUT2D eigenvalue weighted by Gasteiger charge is -2.29. The monoisotopic (exact) mass is 1080 g/mol. The molecule has 2 aliphatic rings. The SMILES string of the molecule is Cc1cc(C)cc(N(c2cc(C)cc(C)c2)c2ccc3c(c2)C(C)(C)c2cc(/C=C/c4ccc5ccc6c(/C=C/c7ccc8c(c7)C(C)(C)c7cc(N(c9cc(C)cc(C)c9)c9cc(C)cc(C)c9)ccc7-8)ccc7ccc4c5c76)ccc2-3)c1. The Labute approximate surface area is 497 Å². The van der Waals surface area contributed by atoms with E-state index in [0.29, 0.717) is 0 Å². The highest BCUT2D eigenvalue weighted by Gasteiger charge is 2.38. The molecule has 12 aromatic carbocycles. The van der Waals surface area contributed by atoms with E-state index in [-0.39, 0.29) is 10.8 Å². The first-order valence-electron chi connectivity index (χ1n) is 29.9. The van der Waals surface area contributed by atoms with Gasteiger partial charge in [0.05, 0.1) is 0 Å². The molecule has 0 amide bonds. The zero-order valence-electron chi connectivity index (χ0n) is 50.7. The highest BCUT2D eigenvalue weighted by Crippen LogP contribution is 2.53. The van der Waals surface area contributed by atoms with Crippen LogP contribution >= 0.6 is 0 Å². The number of aryl methyl sites for hydroxylation is 8. The standard InChI is InChI=1S/C82H72N2/c1-49-33-50(2)38-65(37-49)83(66-39-51(3)34-52(4)40-66)63-25-31-73-71-27-15-57(45-75(71)81(9,10)77(73)47-63)13-17-59-19-21-61-24-30-70-60(20-22-62-23-29-69(59)79(61)80(62)70)18-14-58-16-28-72-74-32-26-64(48-78(74)82(11,12)76(72)46-58)84(67-41-53(5)35-54(6)42-67)68-43-55(7)36-56(8)44-68/h13-48H,1-12H3/b17-13+,18-14+. The van der Waals surface area contributed by atoms with Gasteiger partial charge >= 0.3 is 0 Å². The van der Waals surface area contributed by atoms with Gasteiger partial charge < -0.3 is 9.80 Å². The third-order valence-electron chi connectivity index (χ3n) is 18.4. The van der Waals surface area contributed by atoms with E-state index < -0.39 is 0 Å². The molecule has 0 spiro atoms. The van der Waals surface area contributed by atoms with Crippen molar-refractivity contribution in [2.45, 2.75) is 93.9 Å². The van der Waals surface area contributed by atoms with E-state index in [4.69, 9.17) is 0 Å². The van der Waals surface area contributed by atoms with Crippen LogP contribution in [0.15, 0.2) is 194 Å². The third-order valence-corrected chi connectivity index (χ3v) is 18.4. The molecule has 0 N–H and O–H groups in total. The van der Waals surface area contributed by atoms with E-state index in [1.165, 1.54) is 178 Å². The molecule has 0 aromatic heterocycles. The Hall–Kier alpha value is -9.24. The zero-order chi connectivity index (χ0) is 58.1. The van der Waals surface area contributed by atoms with E-state index in [9.17, 15) is 0 Å². The predicted octanol–water partition coefficient (Wildman–Crippen LogP) is 22.9. The molecule has 12 aromatic rings. The van der Waals surface area contributed by atoms with Gasteiger partial charge in [-0.2, -0.15) is 0 Å². The molecule has 0 fully saturated rings. The molecule has 0 bridgehead atoms. The lowest BCUT2D eigenvalue weighted by Crippen LogP contribution is -2.17. The lowest BCUT2D eigenvalue weighted by molar-refractivity contribution is 0.660. The Morgan fingerprint density at radius 1 is 0.262 bits per heavy atom. The maximum Gasteiger partial charge on any atom is 0.0466 e. The van der Waals surface area contributed by atoms with Crippen LogP contribution in [0.4, 0.5) is 34.1 Å². The van der Waals surface area contributed by atoms with Gasteiger partial charge in [-0.1, -0.05) is 173 Å². The molecule has 2 aliphatic carbocycles. The summed E-state index contributed by atoms with van der Waals surface area (Å²) in [7, 11) is 0. The summed E-state index contributed by atoms with van der Waals surface area (Å²) in [5.41, 5.74) is 32.4. The molecule has 410 valence electrons. The van der Waals surface area contributed by atoms with Crippen molar-refractivity contribution in [3.63, 3.8) is 0 Å². The highest BCUT2D eigenvalue weighted by molar-refractivity contribution is 6.25. The molecule has 0 radical (unpaired) electrons. The second-order valence-corrected chi connectivity index (χ2v) is 25.8. The lowest BCUT2D eigenvalue weighted by atomic mass is 9.81. The van der Waals surface area contributed by atoms with Gasteiger partial charge in [0.2, 0.25) is 0 Å². The van der Waals surface area contributed by atoms with Crippen LogP contribution in [0.2, 0.25) is 0 Å². The Kier molecular flexibility index (Phi) is 12.4. The Bertz CT molecular complexity index is 4280. The second kappa shape index (κ2) is 19.7. The molecule has 0 saturated heterocycles. The van der Waals surface area contributed by atoms with Crippen LogP contribution in [-0.2, 0) is 10.8 Å². The van der Waals surface area contributed by atoms with Crippen molar-refractivity contribution < 1.29 is 0 Å². The van der Waals surface area contributed by atoms with E-state index in [1.807, 2.05) is 0 Å². The summed E-state index contributed by atoms with van der Waals surface area (Å²) in [6.45, 7) is 27.2. The van der Waals surface area contributed by atoms with Crippen LogP contribution in [-0.4, -0.2) is 0 Å². The molecule has 14 rings (SSSR count). The number of fused-ring (bicyclic) bond motifs is 6. The van der Waals surface area contributed by atoms with Gasteiger partial charge in [-0.3, -0.25) is 0 Å². The number of rotatable bonds is 10. The van der Waals surface area contributed by atoms with Crippen LogP contribution in [0.25, 0.3) is 78.9 Å². The first-order chi connectivity index (χ1) is 40.3. The van der Waals surface area contributed by atoms with Crippen molar-refractivity contribution in [2.24, 2.45) is 0 Å². The fourth-order valence-electron chi connectivity index (χ4n) is 14.7. The number of benzene rings is 12. The van der Waals surface area contributed by atoms with Crippen molar-refractivity contribution in [2.75, 3.05) is 9.80 Å². The molecular formula is C82H72N2. The zero-order valence-corrected chi connectivity index (χ0v) is 50.7. The quantitative estimate of drug-likeness (QED) is 0.0995. The minimum Gasteiger partial charge on any atom is -0.310 e. The molecule has 2 heteroatoms. The van der Waals surface area contributed by atoms with Crippen molar-refractivity contribution >= 4 is 90.7 Å². The maximum absolute atomic E-state index is 2.45. The van der Waals surface area contributed by atoms with Crippen molar-refractivity contribution in [1.82, 2.24) is 0 Å². The van der Waals surface area contributed by atoms with Crippen molar-refractivity contribution in [1.29, 1.82) is 0 Å². The summed E-state index contributed by atoms with van der Waals surface area (Å²) >= 11 is 0. The summed E-state index contributed by atoms with van der Waals surface area (Å²) in [6.07, 6.45) is 9.28.